The molecular weight excluding hydrogens is 336 g/mol. The van der Waals surface area contributed by atoms with E-state index in [2.05, 4.69) is 40.8 Å². The molecule has 2 aromatic heterocycles. The number of furan rings is 1. The van der Waals surface area contributed by atoms with Gasteiger partial charge in [0.1, 0.15) is 5.76 Å². The molecule has 1 atom stereocenters. The van der Waals surface area contributed by atoms with Gasteiger partial charge in [-0.05, 0) is 29.3 Å². The van der Waals surface area contributed by atoms with Crippen LogP contribution >= 0.6 is 0 Å². The number of fused-ring (bicyclic) bond motifs is 1. The quantitative estimate of drug-likeness (QED) is 0.505. The molecule has 1 unspecified atom stereocenters. The third-order valence-corrected chi connectivity index (χ3v) is 4.88. The molecule has 4 heteroatoms. The van der Waals surface area contributed by atoms with Gasteiger partial charge in [0.25, 0.3) is 0 Å². The maximum atomic E-state index is 12.3. The second-order valence-electron chi connectivity index (χ2n) is 6.64. The highest BCUT2D eigenvalue weighted by molar-refractivity contribution is 5.84. The van der Waals surface area contributed by atoms with Crippen molar-refractivity contribution >= 4 is 16.8 Å². The maximum absolute atomic E-state index is 12.3. The zero-order valence-corrected chi connectivity index (χ0v) is 15.0. The van der Waals surface area contributed by atoms with Crippen molar-refractivity contribution in [3.8, 4) is 0 Å². The summed E-state index contributed by atoms with van der Waals surface area (Å²) in [5.41, 5.74) is 3.49. The van der Waals surface area contributed by atoms with Gasteiger partial charge in [-0.1, -0.05) is 48.5 Å². The van der Waals surface area contributed by atoms with E-state index in [1.54, 1.807) is 6.26 Å². The molecule has 0 aliphatic carbocycles. The topological polar surface area (TPSA) is 58.0 Å². The first kappa shape index (κ1) is 17.2. The Morgan fingerprint density at radius 3 is 2.63 bits per heavy atom. The van der Waals surface area contributed by atoms with E-state index in [9.17, 15) is 4.79 Å². The molecule has 2 N–H and O–H groups in total. The number of hydrogen-bond donors (Lipinski definition) is 2. The summed E-state index contributed by atoms with van der Waals surface area (Å²) < 4.78 is 5.30. The second kappa shape index (κ2) is 7.96. The normalized spacial score (nSPS) is 12.1. The van der Waals surface area contributed by atoms with Gasteiger partial charge in [0.05, 0.1) is 6.26 Å². The lowest BCUT2D eigenvalue weighted by atomic mass is 9.91. The van der Waals surface area contributed by atoms with Crippen LogP contribution in [-0.2, 0) is 11.2 Å². The van der Waals surface area contributed by atoms with Crippen LogP contribution in [0.4, 0.5) is 0 Å². The number of nitrogens with one attached hydrogen (secondary N) is 2. The Morgan fingerprint density at radius 1 is 1.00 bits per heavy atom. The number of para-hydroxylation sites is 1. The molecule has 27 heavy (non-hydrogen) atoms. The number of aryl methyl sites for hydroxylation is 1. The number of aromatic amines is 1. The molecule has 0 fully saturated rings. The smallest absolute Gasteiger partial charge is 0.220 e. The Morgan fingerprint density at radius 2 is 1.81 bits per heavy atom. The van der Waals surface area contributed by atoms with Crippen LogP contribution in [0.3, 0.4) is 0 Å². The summed E-state index contributed by atoms with van der Waals surface area (Å²) in [7, 11) is 0. The fourth-order valence-corrected chi connectivity index (χ4v) is 3.47. The molecule has 0 saturated heterocycles. The summed E-state index contributed by atoms with van der Waals surface area (Å²) in [6.07, 6.45) is 4.72. The molecule has 0 radical (unpaired) electrons. The Bertz CT molecular complexity index is 1000. The van der Waals surface area contributed by atoms with Gasteiger partial charge >= 0.3 is 0 Å². The average molecular weight is 358 g/mol. The number of carbonyl (C=O) groups excluding carboxylic acids is 1. The highest BCUT2D eigenvalue weighted by atomic mass is 16.3. The molecule has 0 bridgehead atoms. The molecule has 0 saturated carbocycles. The van der Waals surface area contributed by atoms with Crippen LogP contribution in [0, 0.1) is 0 Å². The maximum Gasteiger partial charge on any atom is 0.220 e. The standard InChI is InChI=1S/C23H22N2O2/c26-23(13-12-18-9-6-14-27-18)25-15-20(17-7-2-1-3-8-17)21-16-24-22-11-5-4-10-19(21)22/h1-11,14,16,20,24H,12-13,15H2,(H,25,26). The number of carbonyl (C=O) groups is 1. The Balaban J connectivity index is 1.51. The van der Waals surface area contributed by atoms with Gasteiger partial charge < -0.3 is 14.7 Å². The van der Waals surface area contributed by atoms with E-state index < -0.39 is 0 Å². The van der Waals surface area contributed by atoms with E-state index in [0.29, 0.717) is 19.4 Å². The molecule has 1 amide bonds. The van der Waals surface area contributed by atoms with Crippen molar-refractivity contribution in [1.82, 2.24) is 10.3 Å². The largest absolute Gasteiger partial charge is 0.469 e. The summed E-state index contributed by atoms with van der Waals surface area (Å²) in [6, 6.07) is 22.3. The Kier molecular flexibility index (Phi) is 5.06. The highest BCUT2D eigenvalue weighted by Crippen LogP contribution is 2.30. The molecule has 0 aliphatic heterocycles. The highest BCUT2D eigenvalue weighted by Gasteiger charge is 2.19. The number of hydrogen-bond acceptors (Lipinski definition) is 2. The first-order chi connectivity index (χ1) is 13.3. The first-order valence-electron chi connectivity index (χ1n) is 9.21. The SMILES string of the molecule is O=C(CCc1ccco1)NCC(c1ccccc1)c1c[nH]c2ccccc12. The van der Waals surface area contributed by atoms with Crippen LogP contribution in [0.1, 0.15) is 29.2 Å². The van der Waals surface area contributed by atoms with E-state index >= 15 is 0 Å². The Hall–Kier alpha value is -3.27. The van der Waals surface area contributed by atoms with Gasteiger partial charge in [0.2, 0.25) is 5.91 Å². The third kappa shape index (κ3) is 3.95. The molecular formula is C23H22N2O2. The minimum atomic E-state index is 0.0344. The predicted molar refractivity (Wildman–Crippen MR) is 107 cm³/mol. The average Bonchev–Trinajstić information content (AvgIpc) is 3.38. The van der Waals surface area contributed by atoms with Crippen molar-refractivity contribution in [2.24, 2.45) is 0 Å². The van der Waals surface area contributed by atoms with Crippen LogP contribution in [-0.4, -0.2) is 17.4 Å². The van der Waals surface area contributed by atoms with Crippen molar-refractivity contribution in [3.05, 3.63) is 96.1 Å². The van der Waals surface area contributed by atoms with Gasteiger partial charge in [-0.3, -0.25) is 4.79 Å². The van der Waals surface area contributed by atoms with E-state index in [4.69, 9.17) is 4.42 Å². The number of aromatic nitrogens is 1. The fourth-order valence-electron chi connectivity index (χ4n) is 3.47. The minimum Gasteiger partial charge on any atom is -0.469 e. The van der Waals surface area contributed by atoms with Gasteiger partial charge in [0.15, 0.2) is 0 Å². The number of rotatable bonds is 7. The van der Waals surface area contributed by atoms with Gasteiger partial charge in [-0.15, -0.1) is 0 Å². The molecule has 2 heterocycles. The lowest BCUT2D eigenvalue weighted by molar-refractivity contribution is -0.121. The van der Waals surface area contributed by atoms with Crippen LogP contribution in [0.25, 0.3) is 10.9 Å². The van der Waals surface area contributed by atoms with E-state index in [1.807, 2.05) is 42.5 Å². The summed E-state index contributed by atoms with van der Waals surface area (Å²) >= 11 is 0. The van der Waals surface area contributed by atoms with Crippen LogP contribution in [0.5, 0.6) is 0 Å². The Labute approximate surface area is 158 Å². The first-order valence-corrected chi connectivity index (χ1v) is 9.21. The zero-order chi connectivity index (χ0) is 18.5. The summed E-state index contributed by atoms with van der Waals surface area (Å²) in [5.74, 6) is 0.962. The molecule has 136 valence electrons. The number of benzene rings is 2. The van der Waals surface area contributed by atoms with Crippen molar-refractivity contribution < 1.29 is 9.21 Å². The van der Waals surface area contributed by atoms with E-state index in [-0.39, 0.29) is 11.8 Å². The number of amides is 1. The number of H-pyrrole nitrogens is 1. The van der Waals surface area contributed by atoms with Crippen LogP contribution in [0.15, 0.2) is 83.6 Å². The van der Waals surface area contributed by atoms with E-state index in [0.717, 1.165) is 11.3 Å². The molecule has 4 nitrogen and oxygen atoms in total. The third-order valence-electron chi connectivity index (χ3n) is 4.88. The molecule has 4 aromatic rings. The second-order valence-corrected chi connectivity index (χ2v) is 6.64. The van der Waals surface area contributed by atoms with Crippen molar-refractivity contribution in [3.63, 3.8) is 0 Å². The minimum absolute atomic E-state index is 0.0344. The molecule has 2 aromatic carbocycles. The zero-order valence-electron chi connectivity index (χ0n) is 15.0. The van der Waals surface area contributed by atoms with Gasteiger partial charge in [-0.25, -0.2) is 0 Å². The lowest BCUT2D eigenvalue weighted by Crippen LogP contribution is -2.29. The van der Waals surface area contributed by atoms with Crippen LogP contribution < -0.4 is 5.32 Å². The van der Waals surface area contributed by atoms with Crippen molar-refractivity contribution in [2.45, 2.75) is 18.8 Å². The van der Waals surface area contributed by atoms with E-state index in [1.165, 1.54) is 16.5 Å². The molecule has 0 aliphatic rings. The van der Waals surface area contributed by atoms with Crippen LogP contribution in [0.2, 0.25) is 0 Å². The molecule has 0 spiro atoms. The fraction of sp³-hybridized carbons (Fsp3) is 0.174. The van der Waals surface area contributed by atoms with Gasteiger partial charge in [0, 0.05) is 42.4 Å². The monoisotopic (exact) mass is 358 g/mol. The lowest BCUT2D eigenvalue weighted by Gasteiger charge is -2.18. The van der Waals surface area contributed by atoms with Crippen molar-refractivity contribution in [2.75, 3.05) is 6.54 Å². The summed E-state index contributed by atoms with van der Waals surface area (Å²) in [6.45, 7) is 0.558. The predicted octanol–water partition coefficient (Wildman–Crippen LogP) is 4.64. The van der Waals surface area contributed by atoms with Crippen molar-refractivity contribution in [1.29, 1.82) is 0 Å². The summed E-state index contributed by atoms with van der Waals surface area (Å²) in [4.78, 5) is 15.7. The van der Waals surface area contributed by atoms with Gasteiger partial charge in [-0.2, -0.15) is 0 Å². The molecule has 4 rings (SSSR count). The summed E-state index contributed by atoms with van der Waals surface area (Å²) in [5, 5.41) is 4.29.